The van der Waals surface area contributed by atoms with Crippen LogP contribution in [0.15, 0.2) is 24.3 Å². The summed E-state index contributed by atoms with van der Waals surface area (Å²) in [6.07, 6.45) is 5.71. The van der Waals surface area contributed by atoms with E-state index in [0.717, 1.165) is 24.3 Å². The van der Waals surface area contributed by atoms with Gasteiger partial charge in [-0.2, -0.15) is 0 Å². The Labute approximate surface area is 141 Å². The third-order valence-electron chi connectivity index (χ3n) is 5.76. The van der Waals surface area contributed by atoms with Gasteiger partial charge in [0.05, 0.1) is 38.8 Å². The average Bonchev–Trinajstić information content (AvgIpc) is 2.58. The van der Waals surface area contributed by atoms with Crippen molar-refractivity contribution in [3.05, 3.63) is 29.8 Å². The van der Waals surface area contributed by atoms with Gasteiger partial charge in [-0.05, 0) is 44.0 Å². The van der Waals surface area contributed by atoms with Crippen LogP contribution in [0.25, 0.3) is 0 Å². The lowest BCUT2D eigenvalue weighted by Crippen LogP contribution is -3.21. The highest BCUT2D eigenvalue weighted by Gasteiger charge is 2.32. The van der Waals surface area contributed by atoms with Crippen molar-refractivity contribution in [2.24, 2.45) is 5.92 Å². The Morgan fingerprint density at radius 2 is 1.78 bits per heavy atom. The molecule has 128 valence electrons. The lowest BCUT2D eigenvalue weighted by Gasteiger charge is -2.37. The molecule has 3 nitrogen and oxygen atoms in total. The molecule has 2 saturated heterocycles. The molecule has 0 spiro atoms. The van der Waals surface area contributed by atoms with Crippen molar-refractivity contribution in [2.75, 3.05) is 32.8 Å². The SMILES string of the molecule is CCOc1ccc(C[NH+]2CCC([NH+]3CCC[C@@H](C)C3)CC2)cc1. The van der Waals surface area contributed by atoms with Gasteiger partial charge in [-0.15, -0.1) is 0 Å². The van der Waals surface area contributed by atoms with Gasteiger partial charge in [-0.25, -0.2) is 0 Å². The van der Waals surface area contributed by atoms with E-state index in [9.17, 15) is 0 Å². The largest absolute Gasteiger partial charge is 0.494 e. The summed E-state index contributed by atoms with van der Waals surface area (Å²) < 4.78 is 5.53. The second-order valence-corrected chi connectivity index (χ2v) is 7.64. The smallest absolute Gasteiger partial charge is 0.119 e. The first-order valence-electron chi connectivity index (χ1n) is 9.64. The number of rotatable bonds is 5. The minimum Gasteiger partial charge on any atom is -0.494 e. The van der Waals surface area contributed by atoms with E-state index < -0.39 is 0 Å². The highest BCUT2D eigenvalue weighted by atomic mass is 16.5. The highest BCUT2D eigenvalue weighted by molar-refractivity contribution is 5.26. The number of benzene rings is 1. The van der Waals surface area contributed by atoms with Gasteiger partial charge in [0.1, 0.15) is 12.3 Å². The molecule has 2 fully saturated rings. The maximum absolute atomic E-state index is 5.53. The van der Waals surface area contributed by atoms with Crippen molar-refractivity contribution in [1.82, 2.24) is 0 Å². The first-order valence-corrected chi connectivity index (χ1v) is 9.64. The van der Waals surface area contributed by atoms with Crippen LogP contribution in [0.5, 0.6) is 5.75 Å². The monoisotopic (exact) mass is 318 g/mol. The molecule has 2 aliphatic rings. The topological polar surface area (TPSA) is 18.1 Å². The number of hydrogen-bond donors (Lipinski definition) is 2. The standard InChI is InChI=1S/C20H32N2O/c1-3-23-20-8-6-18(7-9-20)16-21-13-10-19(11-14-21)22-12-4-5-17(2)15-22/h6-9,17,19H,3-5,10-16H2,1-2H3/p+2/t17-/m1/s1. The molecule has 3 heteroatoms. The molecular weight excluding hydrogens is 284 g/mol. The molecule has 0 radical (unpaired) electrons. The number of piperidine rings is 2. The van der Waals surface area contributed by atoms with E-state index in [-0.39, 0.29) is 0 Å². The van der Waals surface area contributed by atoms with E-state index in [1.807, 2.05) is 11.8 Å². The van der Waals surface area contributed by atoms with E-state index in [1.165, 1.54) is 64.0 Å². The van der Waals surface area contributed by atoms with E-state index in [0.29, 0.717) is 0 Å². The fraction of sp³-hybridized carbons (Fsp3) is 0.700. The fourth-order valence-corrected chi connectivity index (χ4v) is 4.47. The normalized spacial score (nSPS) is 31.7. The molecule has 0 aromatic heterocycles. The van der Waals surface area contributed by atoms with Crippen molar-refractivity contribution < 1.29 is 14.5 Å². The molecule has 1 aromatic rings. The van der Waals surface area contributed by atoms with Crippen molar-refractivity contribution in [2.45, 2.75) is 52.1 Å². The Morgan fingerprint density at radius 3 is 2.43 bits per heavy atom. The third-order valence-corrected chi connectivity index (χ3v) is 5.76. The highest BCUT2D eigenvalue weighted by Crippen LogP contribution is 2.12. The van der Waals surface area contributed by atoms with Gasteiger partial charge in [0.2, 0.25) is 0 Å². The van der Waals surface area contributed by atoms with Crippen LogP contribution in [-0.2, 0) is 6.54 Å². The molecule has 1 aromatic carbocycles. The quantitative estimate of drug-likeness (QED) is 0.827. The molecule has 0 bridgehead atoms. The number of nitrogens with one attached hydrogen (secondary N) is 2. The molecule has 0 aliphatic carbocycles. The van der Waals surface area contributed by atoms with Gasteiger partial charge in [0.25, 0.3) is 0 Å². The fourth-order valence-electron chi connectivity index (χ4n) is 4.47. The van der Waals surface area contributed by atoms with Crippen LogP contribution in [0.3, 0.4) is 0 Å². The first kappa shape index (κ1) is 16.8. The Bertz CT molecular complexity index is 465. The van der Waals surface area contributed by atoms with Crippen molar-refractivity contribution >= 4 is 0 Å². The molecule has 2 aliphatic heterocycles. The lowest BCUT2D eigenvalue weighted by atomic mass is 9.95. The zero-order chi connectivity index (χ0) is 16.1. The van der Waals surface area contributed by atoms with Gasteiger partial charge >= 0.3 is 0 Å². The van der Waals surface area contributed by atoms with Gasteiger partial charge in [-0.3, -0.25) is 0 Å². The molecule has 23 heavy (non-hydrogen) atoms. The summed E-state index contributed by atoms with van der Waals surface area (Å²) >= 11 is 0. The maximum atomic E-state index is 5.53. The van der Waals surface area contributed by atoms with Gasteiger partial charge in [0, 0.05) is 24.3 Å². The third kappa shape index (κ3) is 4.71. The number of hydrogen-bond acceptors (Lipinski definition) is 1. The summed E-state index contributed by atoms with van der Waals surface area (Å²) in [6.45, 7) is 11.9. The van der Waals surface area contributed by atoms with Crippen LogP contribution >= 0.6 is 0 Å². The Morgan fingerprint density at radius 1 is 1.04 bits per heavy atom. The molecule has 2 atom stereocenters. The van der Waals surface area contributed by atoms with Crippen LogP contribution in [0.1, 0.15) is 45.1 Å². The predicted molar refractivity (Wildman–Crippen MR) is 94.1 cm³/mol. The van der Waals surface area contributed by atoms with Gasteiger partial charge < -0.3 is 14.5 Å². The van der Waals surface area contributed by atoms with Crippen LogP contribution < -0.4 is 14.5 Å². The van der Waals surface area contributed by atoms with E-state index in [1.54, 1.807) is 4.90 Å². The lowest BCUT2D eigenvalue weighted by molar-refractivity contribution is -0.967. The van der Waals surface area contributed by atoms with Crippen LogP contribution in [0, 0.1) is 5.92 Å². The molecule has 3 rings (SSSR count). The predicted octanol–water partition coefficient (Wildman–Crippen LogP) is 0.947. The Balaban J connectivity index is 1.45. The molecule has 2 heterocycles. The van der Waals surface area contributed by atoms with Crippen molar-refractivity contribution in [3.8, 4) is 5.75 Å². The summed E-state index contributed by atoms with van der Waals surface area (Å²) in [7, 11) is 0. The average molecular weight is 319 g/mol. The first-order chi connectivity index (χ1) is 11.2. The van der Waals surface area contributed by atoms with Gasteiger partial charge in [-0.1, -0.05) is 6.92 Å². The van der Waals surface area contributed by atoms with Crippen LogP contribution in [0.4, 0.5) is 0 Å². The number of quaternary nitrogens is 2. The summed E-state index contributed by atoms with van der Waals surface area (Å²) in [5, 5.41) is 0. The summed E-state index contributed by atoms with van der Waals surface area (Å²) in [6, 6.07) is 9.64. The minimum atomic E-state index is 0.746. The van der Waals surface area contributed by atoms with Crippen molar-refractivity contribution in [1.29, 1.82) is 0 Å². The van der Waals surface area contributed by atoms with E-state index in [4.69, 9.17) is 4.74 Å². The molecule has 0 saturated carbocycles. The van der Waals surface area contributed by atoms with Crippen LogP contribution in [0.2, 0.25) is 0 Å². The maximum Gasteiger partial charge on any atom is 0.119 e. The van der Waals surface area contributed by atoms with E-state index in [2.05, 4.69) is 31.2 Å². The molecule has 2 N–H and O–H groups in total. The minimum absolute atomic E-state index is 0.746. The van der Waals surface area contributed by atoms with E-state index >= 15 is 0 Å². The van der Waals surface area contributed by atoms with Crippen molar-refractivity contribution in [3.63, 3.8) is 0 Å². The second-order valence-electron chi connectivity index (χ2n) is 7.64. The summed E-state index contributed by atoms with van der Waals surface area (Å²) in [5.41, 5.74) is 1.45. The molecule has 0 amide bonds. The number of likely N-dealkylation sites (tertiary alicyclic amines) is 2. The zero-order valence-electron chi connectivity index (χ0n) is 14.9. The molecular formula is C20H34N2O+2. The van der Waals surface area contributed by atoms with Crippen LogP contribution in [-0.4, -0.2) is 38.8 Å². The number of ether oxygens (including phenoxy) is 1. The summed E-state index contributed by atoms with van der Waals surface area (Å²) in [5.74, 6) is 1.93. The summed E-state index contributed by atoms with van der Waals surface area (Å²) in [4.78, 5) is 3.67. The second kappa shape index (κ2) is 8.16. The Kier molecular flexibility index (Phi) is 5.96. The zero-order valence-corrected chi connectivity index (χ0v) is 14.9. The Hall–Kier alpha value is -1.06. The van der Waals surface area contributed by atoms with Gasteiger partial charge in [0.15, 0.2) is 0 Å². The molecule has 1 unspecified atom stereocenters.